The first-order valence-electron chi connectivity index (χ1n) is 9.10. The molecule has 2 N–H and O–H groups in total. The highest BCUT2D eigenvalue weighted by Gasteiger charge is 2.43. The lowest BCUT2D eigenvalue weighted by atomic mass is 10.0. The molecule has 0 spiro atoms. The average molecular weight is 439 g/mol. The first-order chi connectivity index (χ1) is 13.1. The summed E-state index contributed by atoms with van der Waals surface area (Å²) in [7, 11) is -1.51. The molecule has 1 unspecified atom stereocenters. The van der Waals surface area contributed by atoms with Crippen LogP contribution in [-0.2, 0) is 15.8 Å². The van der Waals surface area contributed by atoms with Crippen LogP contribution in [0.1, 0.15) is 39.5 Å². The molecule has 158 valence electrons. The van der Waals surface area contributed by atoms with Crippen LogP contribution in [-0.4, -0.2) is 43.9 Å². The Hall–Kier alpha value is -1.26. The summed E-state index contributed by atoms with van der Waals surface area (Å²) in [5.41, 5.74) is 1.21. The van der Waals surface area contributed by atoms with Crippen molar-refractivity contribution in [1.82, 2.24) is 4.31 Å². The Kier molecular flexibility index (Phi) is 7.81. The summed E-state index contributed by atoms with van der Waals surface area (Å²) in [4.78, 5) is 12.0. The molecule has 1 aromatic carbocycles. The maximum Gasteiger partial charge on any atom is 0.446 e. The second-order valence-corrected chi connectivity index (χ2v) is 9.51. The van der Waals surface area contributed by atoms with E-state index in [0.717, 1.165) is 0 Å². The van der Waals surface area contributed by atoms with Crippen molar-refractivity contribution < 1.29 is 26.9 Å². The summed E-state index contributed by atoms with van der Waals surface area (Å²) in [5, 5.41) is 0. The number of rotatable bonds is 8. The van der Waals surface area contributed by atoms with E-state index in [9.17, 15) is 22.2 Å². The monoisotopic (exact) mass is 438 g/mol. The van der Waals surface area contributed by atoms with Crippen LogP contribution in [0.4, 0.5) is 13.2 Å². The van der Waals surface area contributed by atoms with Crippen molar-refractivity contribution in [3.8, 4) is 5.75 Å². The van der Waals surface area contributed by atoms with Gasteiger partial charge in [0.25, 0.3) is 0 Å². The topological polar surface area (TPSA) is 72.6 Å². The number of halogens is 3. The molecule has 0 saturated carbocycles. The molecule has 1 amide bonds. The largest absolute Gasteiger partial charge is 0.490 e. The van der Waals surface area contributed by atoms with Crippen molar-refractivity contribution in [2.24, 2.45) is 5.73 Å². The van der Waals surface area contributed by atoms with Gasteiger partial charge >= 0.3 is 5.51 Å². The van der Waals surface area contributed by atoms with E-state index in [1.54, 1.807) is 4.31 Å². The van der Waals surface area contributed by atoms with Crippen molar-refractivity contribution in [3.05, 3.63) is 24.3 Å². The van der Waals surface area contributed by atoms with E-state index in [0.29, 0.717) is 44.5 Å². The van der Waals surface area contributed by atoms with Gasteiger partial charge in [0.05, 0.1) is 0 Å². The fourth-order valence-corrected chi connectivity index (χ4v) is 5.45. The number of carbonyl (C=O) groups excluding carboxylic acids is 1. The van der Waals surface area contributed by atoms with Crippen LogP contribution in [0.3, 0.4) is 0 Å². The highest BCUT2D eigenvalue weighted by atomic mass is 32.2. The lowest BCUT2D eigenvalue weighted by Crippen LogP contribution is -2.54. The molecule has 0 aliphatic carbocycles. The van der Waals surface area contributed by atoms with Gasteiger partial charge in [-0.3, -0.25) is 4.79 Å². The van der Waals surface area contributed by atoms with E-state index in [4.69, 9.17) is 10.5 Å². The number of nitrogens with zero attached hydrogens (tertiary/aromatic N) is 1. The third-order valence-corrected chi connectivity index (χ3v) is 7.94. The van der Waals surface area contributed by atoms with Crippen LogP contribution in [0.25, 0.3) is 0 Å². The highest BCUT2D eigenvalue weighted by Crippen LogP contribution is 2.37. The molecule has 0 radical (unpaired) electrons. The first-order valence-corrected chi connectivity index (χ1v) is 11.0. The Morgan fingerprint density at radius 2 is 1.75 bits per heavy atom. The maximum atomic E-state index is 12.9. The molecule has 1 aromatic rings. The highest BCUT2D eigenvalue weighted by molar-refractivity contribution is 8.00. The fourth-order valence-electron chi connectivity index (χ4n) is 3.21. The number of alkyl halides is 3. The number of ether oxygens (including phenoxy) is 1. The molecule has 0 aromatic heterocycles. The minimum Gasteiger partial charge on any atom is -0.490 e. The third-order valence-electron chi connectivity index (χ3n) is 4.92. The summed E-state index contributed by atoms with van der Waals surface area (Å²) >= 11 is -0.166. The lowest BCUT2D eigenvalue weighted by Gasteiger charge is -2.37. The lowest BCUT2D eigenvalue weighted by molar-refractivity contribution is -0.120. The summed E-state index contributed by atoms with van der Waals surface area (Å²) in [6.07, 6.45) is 1.90. The van der Waals surface area contributed by atoms with Crippen molar-refractivity contribution in [3.63, 3.8) is 0 Å². The van der Waals surface area contributed by atoms with Gasteiger partial charge < -0.3 is 10.5 Å². The van der Waals surface area contributed by atoms with Crippen LogP contribution in [0.2, 0.25) is 0 Å². The number of piperidine rings is 1. The molecular weight excluding hydrogens is 413 g/mol. The van der Waals surface area contributed by atoms with Crippen molar-refractivity contribution in [1.29, 1.82) is 0 Å². The number of hydrogen-bond acceptors (Lipinski definition) is 4. The molecule has 10 heteroatoms. The summed E-state index contributed by atoms with van der Waals surface area (Å²) in [6.45, 7) is 4.61. The first kappa shape index (κ1) is 23.0. The number of thioether (sulfide) groups is 1. The van der Waals surface area contributed by atoms with E-state index in [-0.39, 0.29) is 22.8 Å². The van der Waals surface area contributed by atoms with Crippen molar-refractivity contribution in [2.75, 3.05) is 13.1 Å². The van der Waals surface area contributed by atoms with Crippen LogP contribution < -0.4 is 10.5 Å². The Morgan fingerprint density at radius 3 is 2.18 bits per heavy atom. The van der Waals surface area contributed by atoms with E-state index in [1.807, 2.05) is 13.8 Å². The average Bonchev–Trinajstić information content (AvgIpc) is 2.64. The van der Waals surface area contributed by atoms with Gasteiger partial charge in [-0.25, -0.2) is 8.51 Å². The molecule has 1 aliphatic rings. The van der Waals surface area contributed by atoms with E-state index < -0.39 is 27.1 Å². The predicted molar refractivity (Wildman–Crippen MR) is 104 cm³/mol. The molecule has 1 saturated heterocycles. The van der Waals surface area contributed by atoms with E-state index >= 15 is 0 Å². The molecule has 0 bridgehead atoms. The fraction of sp³-hybridized carbons (Fsp3) is 0.611. The number of benzene rings is 1. The summed E-state index contributed by atoms with van der Waals surface area (Å²) in [5.74, 6) is -0.0503. The number of primary amides is 1. The Labute approximate surface area is 169 Å². The number of amides is 1. The van der Waals surface area contributed by atoms with Gasteiger partial charge in [0, 0.05) is 18.0 Å². The standard InChI is InChI=1S/C18H25F3N2O3S2/c1-3-17(4-2,16(22)24)28(25)23-11-9-14(10-12-23)26-13-5-7-15(8-6-13)27-18(19,20)21/h5-8,14H,3-4,9-12H2,1-2H3,(H2,22,24). The van der Waals surface area contributed by atoms with Crippen LogP contribution >= 0.6 is 11.8 Å². The van der Waals surface area contributed by atoms with Crippen molar-refractivity contribution in [2.45, 2.75) is 60.8 Å². The van der Waals surface area contributed by atoms with Gasteiger partial charge in [-0.05, 0) is 61.7 Å². The van der Waals surface area contributed by atoms with Gasteiger partial charge in [0.15, 0.2) is 0 Å². The molecule has 1 aliphatic heterocycles. The number of nitrogens with two attached hydrogens (primary N) is 1. The number of hydrogen-bond donors (Lipinski definition) is 1. The minimum absolute atomic E-state index is 0.104. The second kappa shape index (κ2) is 9.49. The van der Waals surface area contributed by atoms with Gasteiger partial charge in [-0.1, -0.05) is 13.8 Å². The molecule has 2 rings (SSSR count). The van der Waals surface area contributed by atoms with Crippen LogP contribution in [0.5, 0.6) is 5.75 Å². The van der Waals surface area contributed by atoms with E-state index in [2.05, 4.69) is 0 Å². The quantitative estimate of drug-likeness (QED) is 0.626. The normalized spacial score (nSPS) is 18.0. The molecular formula is C18H25F3N2O3S2. The summed E-state index contributed by atoms with van der Waals surface area (Å²) < 4.78 is 56.6. The van der Waals surface area contributed by atoms with Gasteiger partial charge in [0.1, 0.15) is 27.6 Å². The Bertz CT molecular complexity index is 686. The predicted octanol–water partition coefficient (Wildman–Crippen LogP) is 3.85. The minimum atomic E-state index is -4.32. The zero-order chi connectivity index (χ0) is 20.9. The molecule has 1 fully saturated rings. The molecule has 1 heterocycles. The van der Waals surface area contributed by atoms with Crippen molar-refractivity contribution >= 4 is 28.7 Å². The SMILES string of the molecule is CCC(CC)(C(N)=O)S(=O)N1CCC(Oc2ccc(SC(F)(F)F)cc2)CC1. The summed E-state index contributed by atoms with van der Waals surface area (Å²) in [6, 6.07) is 5.79. The zero-order valence-electron chi connectivity index (χ0n) is 15.8. The zero-order valence-corrected chi connectivity index (χ0v) is 17.5. The molecule has 28 heavy (non-hydrogen) atoms. The molecule has 5 nitrogen and oxygen atoms in total. The smallest absolute Gasteiger partial charge is 0.446 e. The van der Waals surface area contributed by atoms with Gasteiger partial charge in [-0.2, -0.15) is 13.2 Å². The second-order valence-electron chi connectivity index (χ2n) is 6.58. The van der Waals surface area contributed by atoms with Gasteiger partial charge in [-0.15, -0.1) is 0 Å². The third kappa shape index (κ3) is 5.64. The molecule has 1 atom stereocenters. The maximum absolute atomic E-state index is 12.9. The Balaban J connectivity index is 1.92. The van der Waals surface area contributed by atoms with Gasteiger partial charge in [0.2, 0.25) is 5.91 Å². The van der Waals surface area contributed by atoms with Crippen LogP contribution in [0.15, 0.2) is 29.2 Å². The number of carbonyl (C=O) groups is 1. The van der Waals surface area contributed by atoms with Crippen LogP contribution in [0, 0.1) is 0 Å². The van der Waals surface area contributed by atoms with E-state index in [1.165, 1.54) is 24.3 Å². The Morgan fingerprint density at radius 1 is 1.21 bits per heavy atom.